The molecule has 4 heterocycles. The maximum Gasteiger partial charge on any atom is 0.246 e. The molecule has 5 rings (SSSR count). The average Bonchev–Trinajstić information content (AvgIpc) is 3.50. The Morgan fingerprint density at radius 2 is 1.90 bits per heavy atom. The molecule has 7 nitrogen and oxygen atoms in total. The van der Waals surface area contributed by atoms with E-state index < -0.39 is 0 Å². The van der Waals surface area contributed by atoms with Crippen molar-refractivity contribution in [3.05, 3.63) is 59.4 Å². The van der Waals surface area contributed by atoms with Crippen molar-refractivity contribution in [2.75, 3.05) is 31.6 Å². The van der Waals surface area contributed by atoms with Gasteiger partial charge in [-0.25, -0.2) is 0 Å². The summed E-state index contributed by atoms with van der Waals surface area (Å²) in [4.78, 5) is 31.4. The third-order valence-corrected chi connectivity index (χ3v) is 6.75. The van der Waals surface area contributed by atoms with Gasteiger partial charge < -0.3 is 15.0 Å². The van der Waals surface area contributed by atoms with E-state index in [4.69, 9.17) is 4.74 Å². The molecule has 0 radical (unpaired) electrons. The van der Waals surface area contributed by atoms with E-state index in [2.05, 4.69) is 27.8 Å². The molecule has 2 atom stereocenters. The Morgan fingerprint density at radius 1 is 1.10 bits per heavy atom. The largest absolute Gasteiger partial charge is 0.381 e. The molecule has 2 aromatic rings. The third kappa shape index (κ3) is 4.20. The second-order valence-corrected chi connectivity index (χ2v) is 8.66. The number of hydrogen-bond acceptors (Lipinski definition) is 5. The Morgan fingerprint density at radius 3 is 2.65 bits per heavy atom. The lowest BCUT2D eigenvalue weighted by molar-refractivity contribution is -0.136. The molecule has 7 heteroatoms. The Bertz CT molecular complexity index is 948. The minimum atomic E-state index is -0.343. The fourth-order valence-corrected chi connectivity index (χ4v) is 4.90. The molecule has 0 spiro atoms. The van der Waals surface area contributed by atoms with Crippen LogP contribution >= 0.6 is 0 Å². The lowest BCUT2D eigenvalue weighted by Crippen LogP contribution is -2.41. The number of likely N-dealkylation sites (tertiary alicyclic amines) is 1. The normalized spacial score (nSPS) is 23.5. The van der Waals surface area contributed by atoms with Gasteiger partial charge in [0.05, 0.1) is 12.5 Å². The van der Waals surface area contributed by atoms with Crippen molar-refractivity contribution in [1.29, 1.82) is 0 Å². The van der Waals surface area contributed by atoms with Crippen LogP contribution in [0.15, 0.2) is 42.7 Å². The van der Waals surface area contributed by atoms with E-state index in [1.807, 2.05) is 29.3 Å². The number of rotatable bonds is 4. The molecule has 31 heavy (non-hydrogen) atoms. The highest BCUT2D eigenvalue weighted by Gasteiger charge is 2.31. The Balaban J connectivity index is 1.16. The average molecular weight is 421 g/mol. The number of nitrogens with zero attached hydrogens (tertiary/aromatic N) is 2. The first kappa shape index (κ1) is 20.2. The number of amides is 2. The SMILES string of the molecule is O=C(Nc1ccc(C2CCN(C(=O)[C@H]3CCOC3)CC2)cc1)C1NCc2cnccc21. The Hall–Kier alpha value is -2.77. The minimum absolute atomic E-state index is 0.0528. The highest BCUT2D eigenvalue weighted by atomic mass is 16.5. The molecule has 2 saturated heterocycles. The van der Waals surface area contributed by atoms with Gasteiger partial charge in [0.15, 0.2) is 0 Å². The third-order valence-electron chi connectivity index (χ3n) is 6.75. The predicted molar refractivity (Wildman–Crippen MR) is 116 cm³/mol. The molecule has 1 aromatic heterocycles. The number of pyridine rings is 1. The van der Waals surface area contributed by atoms with Crippen LogP contribution in [0, 0.1) is 5.92 Å². The maximum absolute atomic E-state index is 12.7. The molecule has 3 aliphatic rings. The zero-order valence-electron chi connectivity index (χ0n) is 17.5. The summed E-state index contributed by atoms with van der Waals surface area (Å²) < 4.78 is 5.36. The number of fused-ring (bicyclic) bond motifs is 1. The highest BCUT2D eigenvalue weighted by Crippen LogP contribution is 2.31. The molecule has 1 unspecified atom stereocenters. The number of benzene rings is 1. The van der Waals surface area contributed by atoms with Gasteiger partial charge in [0.2, 0.25) is 11.8 Å². The summed E-state index contributed by atoms with van der Waals surface area (Å²) in [6.07, 6.45) is 6.33. The highest BCUT2D eigenvalue weighted by molar-refractivity contribution is 5.96. The van der Waals surface area contributed by atoms with E-state index in [0.717, 1.165) is 49.2 Å². The topological polar surface area (TPSA) is 83.6 Å². The lowest BCUT2D eigenvalue weighted by Gasteiger charge is -2.33. The van der Waals surface area contributed by atoms with Crippen molar-refractivity contribution in [1.82, 2.24) is 15.2 Å². The van der Waals surface area contributed by atoms with Crippen molar-refractivity contribution in [3.8, 4) is 0 Å². The first-order chi connectivity index (χ1) is 15.2. The standard InChI is InChI=1S/C24H28N4O3/c29-23(22-21-5-9-25-13-19(21)14-26-22)27-20-3-1-16(2-4-20)17-6-10-28(11-7-17)24(30)18-8-12-31-15-18/h1-5,9,13,17-18,22,26H,6-8,10-12,14-15H2,(H,27,29)/t18-,22?/m0/s1. The van der Waals surface area contributed by atoms with Crippen LogP contribution in [0.3, 0.4) is 0 Å². The molecule has 162 valence electrons. The van der Waals surface area contributed by atoms with E-state index in [1.165, 1.54) is 5.56 Å². The number of ether oxygens (including phenoxy) is 1. The first-order valence-corrected chi connectivity index (χ1v) is 11.1. The number of aromatic nitrogens is 1. The van der Waals surface area contributed by atoms with Crippen LogP contribution in [-0.4, -0.2) is 48.0 Å². The zero-order chi connectivity index (χ0) is 21.2. The van der Waals surface area contributed by atoms with Crippen LogP contribution in [-0.2, 0) is 20.9 Å². The summed E-state index contributed by atoms with van der Waals surface area (Å²) in [5, 5.41) is 6.27. The molecular weight excluding hydrogens is 392 g/mol. The Kier molecular flexibility index (Phi) is 5.70. The van der Waals surface area contributed by atoms with Gasteiger partial charge in [-0.2, -0.15) is 0 Å². The molecule has 0 saturated carbocycles. The molecule has 1 aromatic carbocycles. The number of carbonyl (C=O) groups excluding carboxylic acids is 2. The summed E-state index contributed by atoms with van der Waals surface area (Å²) in [6.45, 7) is 3.55. The van der Waals surface area contributed by atoms with Crippen LogP contribution in [0.5, 0.6) is 0 Å². The zero-order valence-corrected chi connectivity index (χ0v) is 17.5. The number of carbonyl (C=O) groups is 2. The van der Waals surface area contributed by atoms with Crippen molar-refractivity contribution in [2.45, 2.75) is 37.8 Å². The monoisotopic (exact) mass is 420 g/mol. The molecule has 0 bridgehead atoms. The first-order valence-electron chi connectivity index (χ1n) is 11.1. The number of piperidine rings is 1. The van der Waals surface area contributed by atoms with Crippen LogP contribution in [0.4, 0.5) is 5.69 Å². The fraction of sp³-hybridized carbons (Fsp3) is 0.458. The van der Waals surface area contributed by atoms with E-state index in [-0.39, 0.29) is 23.8 Å². The van der Waals surface area contributed by atoms with Gasteiger partial charge in [-0.05, 0) is 60.1 Å². The molecular formula is C24H28N4O3. The second-order valence-electron chi connectivity index (χ2n) is 8.66. The number of nitrogens with one attached hydrogen (secondary N) is 2. The van der Waals surface area contributed by atoms with Crippen molar-refractivity contribution >= 4 is 17.5 Å². The summed E-state index contributed by atoms with van der Waals surface area (Å²) in [7, 11) is 0. The van der Waals surface area contributed by atoms with E-state index in [9.17, 15) is 9.59 Å². The van der Waals surface area contributed by atoms with Crippen LogP contribution in [0.2, 0.25) is 0 Å². The van der Waals surface area contributed by atoms with Gasteiger partial charge in [-0.15, -0.1) is 0 Å². The van der Waals surface area contributed by atoms with Gasteiger partial charge in [0.1, 0.15) is 6.04 Å². The predicted octanol–water partition coefficient (Wildman–Crippen LogP) is 2.61. The van der Waals surface area contributed by atoms with Crippen LogP contribution < -0.4 is 10.6 Å². The summed E-state index contributed by atoms with van der Waals surface area (Å²) >= 11 is 0. The second kappa shape index (κ2) is 8.77. The molecule has 2 fully saturated rings. The van der Waals surface area contributed by atoms with Crippen molar-refractivity contribution < 1.29 is 14.3 Å². The van der Waals surface area contributed by atoms with Gasteiger partial charge in [0, 0.05) is 44.3 Å². The molecule has 2 amide bonds. The maximum atomic E-state index is 12.7. The van der Waals surface area contributed by atoms with Gasteiger partial charge >= 0.3 is 0 Å². The summed E-state index contributed by atoms with van der Waals surface area (Å²) in [5.74, 6) is 0.703. The number of hydrogen-bond donors (Lipinski definition) is 2. The Labute approximate surface area is 182 Å². The fourth-order valence-electron chi connectivity index (χ4n) is 4.90. The van der Waals surface area contributed by atoms with Gasteiger partial charge in [-0.3, -0.25) is 19.9 Å². The summed E-state index contributed by atoms with van der Waals surface area (Å²) in [6, 6.07) is 9.71. The van der Waals surface area contributed by atoms with Crippen LogP contribution in [0.1, 0.15) is 47.9 Å². The van der Waals surface area contributed by atoms with E-state index in [0.29, 0.717) is 25.7 Å². The van der Waals surface area contributed by atoms with Crippen molar-refractivity contribution in [3.63, 3.8) is 0 Å². The van der Waals surface area contributed by atoms with Crippen molar-refractivity contribution in [2.24, 2.45) is 5.92 Å². The lowest BCUT2D eigenvalue weighted by atomic mass is 9.89. The smallest absolute Gasteiger partial charge is 0.246 e. The quantitative estimate of drug-likeness (QED) is 0.795. The van der Waals surface area contributed by atoms with E-state index in [1.54, 1.807) is 6.20 Å². The molecule has 0 aliphatic carbocycles. The van der Waals surface area contributed by atoms with Crippen LogP contribution in [0.25, 0.3) is 0 Å². The molecule has 3 aliphatic heterocycles. The van der Waals surface area contributed by atoms with E-state index >= 15 is 0 Å². The van der Waals surface area contributed by atoms with Gasteiger partial charge in [0.25, 0.3) is 0 Å². The number of anilines is 1. The van der Waals surface area contributed by atoms with Gasteiger partial charge in [-0.1, -0.05) is 12.1 Å². The summed E-state index contributed by atoms with van der Waals surface area (Å²) in [5.41, 5.74) is 4.13. The minimum Gasteiger partial charge on any atom is -0.381 e. The molecule has 2 N–H and O–H groups in total.